The van der Waals surface area contributed by atoms with Crippen molar-refractivity contribution in [2.75, 3.05) is 0 Å². The summed E-state index contributed by atoms with van der Waals surface area (Å²) in [4.78, 5) is 0. The Labute approximate surface area is 79.7 Å². The smallest absolute Gasteiger partial charge is 0.0777 e. The van der Waals surface area contributed by atoms with Crippen LogP contribution < -0.4 is 0 Å². The lowest BCUT2D eigenvalue weighted by molar-refractivity contribution is 0.177. The Bertz CT molecular complexity index is 132. The molecule has 3 heteroatoms. The van der Waals surface area contributed by atoms with Crippen molar-refractivity contribution in [3.8, 4) is 0 Å². The zero-order valence-corrected chi connectivity index (χ0v) is 8.19. The van der Waals surface area contributed by atoms with Gasteiger partial charge in [-0.25, -0.2) is 0 Å². The summed E-state index contributed by atoms with van der Waals surface area (Å²) < 4.78 is 0. The van der Waals surface area contributed by atoms with Crippen LogP contribution in [0.25, 0.3) is 0 Å². The monoisotopic (exact) mass is 188 g/mol. The summed E-state index contributed by atoms with van der Waals surface area (Å²) in [5, 5.41) is 26.5. The maximum absolute atomic E-state index is 9.16. The quantitative estimate of drug-likeness (QED) is 0.421. The summed E-state index contributed by atoms with van der Waals surface area (Å²) in [6.07, 6.45) is 5.93. The van der Waals surface area contributed by atoms with Gasteiger partial charge in [0.05, 0.1) is 18.5 Å². The van der Waals surface area contributed by atoms with Crippen molar-refractivity contribution in [2.45, 2.75) is 51.2 Å². The molecule has 0 saturated carbocycles. The minimum atomic E-state index is -0.531. The van der Waals surface area contributed by atoms with Crippen LogP contribution in [0.3, 0.4) is 0 Å². The molecule has 0 aliphatic carbocycles. The maximum Gasteiger partial charge on any atom is 0.0777 e. The second kappa shape index (κ2) is 8.08. The van der Waals surface area contributed by atoms with Gasteiger partial charge in [0.1, 0.15) is 0 Å². The van der Waals surface area contributed by atoms with Crippen molar-refractivity contribution in [2.24, 2.45) is 0 Å². The van der Waals surface area contributed by atoms with Gasteiger partial charge in [-0.15, -0.1) is 0 Å². The van der Waals surface area contributed by atoms with Gasteiger partial charge in [-0.05, 0) is 25.8 Å². The largest absolute Gasteiger partial charge is 0.516 e. The van der Waals surface area contributed by atoms with Crippen molar-refractivity contribution in [3.05, 3.63) is 12.3 Å². The number of hydrogen-bond donors (Lipinski definition) is 3. The molecular weight excluding hydrogens is 168 g/mol. The predicted molar refractivity (Wildman–Crippen MR) is 52.5 cm³/mol. The van der Waals surface area contributed by atoms with E-state index in [9.17, 15) is 0 Å². The molecular formula is C10H20O3. The van der Waals surface area contributed by atoms with Crippen LogP contribution in [0, 0.1) is 0 Å². The van der Waals surface area contributed by atoms with E-state index in [4.69, 9.17) is 15.3 Å². The highest BCUT2D eigenvalue weighted by atomic mass is 16.3. The summed E-state index contributed by atoms with van der Waals surface area (Å²) >= 11 is 0. The zero-order valence-electron chi connectivity index (χ0n) is 8.19. The topological polar surface area (TPSA) is 60.7 Å². The van der Waals surface area contributed by atoms with Crippen LogP contribution in [-0.2, 0) is 0 Å². The number of aliphatic hydroxyl groups excluding tert-OH is 3. The fourth-order valence-corrected chi connectivity index (χ4v) is 1.17. The van der Waals surface area contributed by atoms with E-state index in [0.29, 0.717) is 6.42 Å². The van der Waals surface area contributed by atoms with E-state index in [1.54, 1.807) is 6.92 Å². The van der Waals surface area contributed by atoms with Crippen LogP contribution in [0.1, 0.15) is 39.0 Å². The van der Waals surface area contributed by atoms with E-state index in [1.165, 1.54) is 6.08 Å². The zero-order chi connectivity index (χ0) is 10.1. The fraction of sp³-hybridized carbons (Fsp3) is 0.800. The third-order valence-corrected chi connectivity index (χ3v) is 1.93. The molecule has 0 bridgehead atoms. The number of rotatable bonds is 7. The van der Waals surface area contributed by atoms with Gasteiger partial charge in [0.15, 0.2) is 0 Å². The molecule has 0 fully saturated rings. The van der Waals surface area contributed by atoms with E-state index in [1.807, 2.05) is 0 Å². The van der Waals surface area contributed by atoms with Crippen molar-refractivity contribution in [1.82, 2.24) is 0 Å². The van der Waals surface area contributed by atoms with Crippen molar-refractivity contribution in [1.29, 1.82) is 0 Å². The summed E-state index contributed by atoms with van der Waals surface area (Å²) in [5.41, 5.74) is 0. The van der Waals surface area contributed by atoms with Crippen molar-refractivity contribution < 1.29 is 15.3 Å². The van der Waals surface area contributed by atoms with Crippen LogP contribution >= 0.6 is 0 Å². The Morgan fingerprint density at radius 2 is 1.69 bits per heavy atom. The Balaban J connectivity index is 3.16. The van der Waals surface area contributed by atoms with Gasteiger partial charge in [-0.3, -0.25) is 0 Å². The third kappa shape index (κ3) is 9.37. The first-order valence-electron chi connectivity index (χ1n) is 4.84. The lowest BCUT2D eigenvalue weighted by atomic mass is 10.1. The molecule has 13 heavy (non-hydrogen) atoms. The number of aliphatic hydroxyl groups is 3. The second-order valence-corrected chi connectivity index (χ2v) is 3.40. The van der Waals surface area contributed by atoms with E-state index in [2.05, 4.69) is 0 Å². The molecule has 0 saturated heterocycles. The van der Waals surface area contributed by atoms with Gasteiger partial charge in [0.2, 0.25) is 0 Å². The minimum Gasteiger partial charge on any atom is -0.516 e. The van der Waals surface area contributed by atoms with Gasteiger partial charge < -0.3 is 15.3 Å². The molecule has 0 radical (unpaired) electrons. The van der Waals surface area contributed by atoms with E-state index >= 15 is 0 Å². The van der Waals surface area contributed by atoms with Crippen LogP contribution in [0.4, 0.5) is 0 Å². The third-order valence-electron chi connectivity index (χ3n) is 1.93. The lowest BCUT2D eigenvalue weighted by Gasteiger charge is -2.05. The van der Waals surface area contributed by atoms with Gasteiger partial charge in [0.25, 0.3) is 0 Å². The SMILES string of the molecule is CC(O)CCCCCC(O)C=CO. The molecule has 0 spiro atoms. The normalized spacial score (nSPS) is 16.2. The average Bonchev–Trinajstić information content (AvgIpc) is 2.03. The maximum atomic E-state index is 9.16. The highest BCUT2D eigenvalue weighted by Gasteiger charge is 1.99. The molecule has 3 nitrogen and oxygen atoms in total. The Hall–Kier alpha value is -0.540. The first kappa shape index (κ1) is 12.5. The molecule has 0 aromatic rings. The van der Waals surface area contributed by atoms with Crippen LogP contribution in [0.5, 0.6) is 0 Å². The first-order valence-corrected chi connectivity index (χ1v) is 4.84. The second-order valence-electron chi connectivity index (χ2n) is 3.40. The molecule has 0 aliphatic heterocycles. The predicted octanol–water partition coefficient (Wildman–Crippen LogP) is 1.75. The Morgan fingerprint density at radius 3 is 2.23 bits per heavy atom. The fourth-order valence-electron chi connectivity index (χ4n) is 1.17. The molecule has 2 unspecified atom stereocenters. The summed E-state index contributed by atoms with van der Waals surface area (Å²) in [6, 6.07) is 0. The molecule has 0 rings (SSSR count). The molecule has 0 aromatic carbocycles. The van der Waals surface area contributed by atoms with E-state index < -0.39 is 6.10 Å². The highest BCUT2D eigenvalue weighted by molar-refractivity contribution is 4.81. The first-order chi connectivity index (χ1) is 6.16. The molecule has 0 aliphatic rings. The van der Waals surface area contributed by atoms with Crippen LogP contribution in [0.2, 0.25) is 0 Å². The Kier molecular flexibility index (Phi) is 7.74. The van der Waals surface area contributed by atoms with Gasteiger partial charge in [-0.1, -0.05) is 19.3 Å². The highest BCUT2D eigenvalue weighted by Crippen LogP contribution is 2.07. The van der Waals surface area contributed by atoms with Crippen molar-refractivity contribution >= 4 is 0 Å². The Morgan fingerprint density at radius 1 is 1.08 bits per heavy atom. The number of unbranched alkanes of at least 4 members (excludes halogenated alkanes) is 2. The molecule has 2 atom stereocenters. The number of hydrogen-bond acceptors (Lipinski definition) is 3. The molecule has 0 heterocycles. The van der Waals surface area contributed by atoms with E-state index in [-0.39, 0.29) is 6.10 Å². The lowest BCUT2D eigenvalue weighted by Crippen LogP contribution is -2.02. The minimum absolute atomic E-state index is 0.220. The standard InChI is InChI=1S/C10H20O3/c1-9(12)5-3-2-4-6-10(13)7-8-11/h7-13H,2-6H2,1H3. The summed E-state index contributed by atoms with van der Waals surface area (Å²) in [7, 11) is 0. The van der Waals surface area contributed by atoms with Crippen LogP contribution in [-0.4, -0.2) is 27.5 Å². The van der Waals surface area contributed by atoms with Crippen molar-refractivity contribution in [3.63, 3.8) is 0 Å². The van der Waals surface area contributed by atoms with E-state index in [0.717, 1.165) is 31.9 Å². The van der Waals surface area contributed by atoms with Gasteiger partial charge >= 0.3 is 0 Å². The van der Waals surface area contributed by atoms with Crippen LogP contribution in [0.15, 0.2) is 12.3 Å². The van der Waals surface area contributed by atoms with Gasteiger partial charge in [-0.2, -0.15) is 0 Å². The van der Waals surface area contributed by atoms with Gasteiger partial charge in [0, 0.05) is 0 Å². The molecule has 0 aromatic heterocycles. The summed E-state index contributed by atoms with van der Waals surface area (Å²) in [5.74, 6) is 0. The average molecular weight is 188 g/mol. The summed E-state index contributed by atoms with van der Waals surface area (Å²) in [6.45, 7) is 1.78. The molecule has 3 N–H and O–H groups in total. The molecule has 78 valence electrons. The molecule has 0 amide bonds.